The van der Waals surface area contributed by atoms with Crippen LogP contribution in [0.2, 0.25) is 15.1 Å². The standard InChI is InChI=1S/C17H11Cl3N4O2/c1-8(9-6-7-12(18)14(20)13(9)19)21-24-17(26)15-10-4-2-3-5-11(10)16(25)23-22-15/h2-7H,1H3,(H,23,25)(H,24,26)/b21-8+. The maximum Gasteiger partial charge on any atom is 0.292 e. The van der Waals surface area contributed by atoms with Crippen molar-refractivity contribution in [3.63, 3.8) is 0 Å². The number of carbonyl (C=O) groups excluding carboxylic acids is 1. The van der Waals surface area contributed by atoms with Crippen LogP contribution in [0.25, 0.3) is 10.8 Å². The van der Waals surface area contributed by atoms with Crippen LogP contribution in [0.15, 0.2) is 46.3 Å². The third-order valence-corrected chi connectivity index (χ3v) is 4.95. The van der Waals surface area contributed by atoms with E-state index in [1.807, 2.05) is 0 Å². The molecular weight excluding hydrogens is 399 g/mol. The Morgan fingerprint density at radius 3 is 2.50 bits per heavy atom. The summed E-state index contributed by atoms with van der Waals surface area (Å²) in [6, 6.07) is 9.89. The number of hydrogen-bond acceptors (Lipinski definition) is 4. The number of aromatic nitrogens is 2. The number of H-pyrrole nitrogens is 1. The normalized spacial score (nSPS) is 11.6. The molecule has 2 aromatic carbocycles. The van der Waals surface area contributed by atoms with Crippen molar-refractivity contribution >= 4 is 57.2 Å². The van der Waals surface area contributed by atoms with E-state index in [9.17, 15) is 9.59 Å². The van der Waals surface area contributed by atoms with Gasteiger partial charge in [0.1, 0.15) is 0 Å². The van der Waals surface area contributed by atoms with Gasteiger partial charge in [-0.2, -0.15) is 10.2 Å². The minimum atomic E-state index is -0.576. The van der Waals surface area contributed by atoms with E-state index in [2.05, 4.69) is 20.7 Å². The second-order valence-corrected chi connectivity index (χ2v) is 6.47. The van der Waals surface area contributed by atoms with Gasteiger partial charge in [0.15, 0.2) is 5.69 Å². The maximum absolute atomic E-state index is 12.4. The van der Waals surface area contributed by atoms with Crippen LogP contribution >= 0.6 is 34.8 Å². The summed E-state index contributed by atoms with van der Waals surface area (Å²) >= 11 is 18.1. The summed E-state index contributed by atoms with van der Waals surface area (Å²) in [4.78, 5) is 24.2. The summed E-state index contributed by atoms with van der Waals surface area (Å²) < 4.78 is 0. The fourth-order valence-electron chi connectivity index (χ4n) is 2.34. The first-order valence-electron chi connectivity index (χ1n) is 7.36. The highest BCUT2D eigenvalue weighted by atomic mass is 35.5. The monoisotopic (exact) mass is 408 g/mol. The van der Waals surface area contributed by atoms with E-state index in [4.69, 9.17) is 34.8 Å². The van der Waals surface area contributed by atoms with Crippen LogP contribution in [0, 0.1) is 0 Å². The quantitative estimate of drug-likeness (QED) is 0.389. The Morgan fingerprint density at radius 1 is 1.08 bits per heavy atom. The number of carbonyl (C=O) groups is 1. The zero-order chi connectivity index (χ0) is 18.8. The van der Waals surface area contributed by atoms with Crippen LogP contribution in [0.3, 0.4) is 0 Å². The number of halogens is 3. The number of amides is 1. The molecule has 0 aliphatic heterocycles. The lowest BCUT2D eigenvalue weighted by atomic mass is 10.1. The van der Waals surface area contributed by atoms with Gasteiger partial charge in [0.2, 0.25) is 0 Å². The average molecular weight is 410 g/mol. The molecule has 3 aromatic rings. The number of hydrogen-bond donors (Lipinski definition) is 2. The second-order valence-electron chi connectivity index (χ2n) is 5.31. The molecule has 0 saturated carbocycles. The van der Waals surface area contributed by atoms with Gasteiger partial charge in [-0.15, -0.1) is 0 Å². The molecule has 0 aliphatic rings. The molecule has 0 atom stereocenters. The number of fused-ring (bicyclic) bond motifs is 1. The Hall–Kier alpha value is -2.41. The van der Waals surface area contributed by atoms with Crippen molar-refractivity contribution in [2.75, 3.05) is 0 Å². The zero-order valence-corrected chi connectivity index (χ0v) is 15.6. The predicted molar refractivity (Wildman–Crippen MR) is 104 cm³/mol. The number of rotatable bonds is 3. The maximum atomic E-state index is 12.4. The summed E-state index contributed by atoms with van der Waals surface area (Å²) in [5.41, 5.74) is 3.03. The Kier molecular flexibility index (Phi) is 5.27. The lowest BCUT2D eigenvalue weighted by Crippen LogP contribution is -2.23. The summed E-state index contributed by atoms with van der Waals surface area (Å²) in [5.74, 6) is -0.576. The molecular formula is C17H11Cl3N4O2. The predicted octanol–water partition coefficient (Wildman–Crippen LogP) is 4.04. The van der Waals surface area contributed by atoms with E-state index in [-0.39, 0.29) is 21.3 Å². The molecule has 0 bridgehead atoms. The van der Waals surface area contributed by atoms with Gasteiger partial charge in [0, 0.05) is 10.9 Å². The SMILES string of the molecule is C/C(=N\NC(=O)c1n[nH]c(=O)c2ccccc12)c1ccc(Cl)c(Cl)c1Cl. The lowest BCUT2D eigenvalue weighted by Gasteiger charge is -2.08. The van der Waals surface area contributed by atoms with Gasteiger partial charge < -0.3 is 0 Å². The Bertz CT molecular complexity index is 1110. The van der Waals surface area contributed by atoms with Gasteiger partial charge in [-0.05, 0) is 19.1 Å². The first kappa shape index (κ1) is 18.4. The molecule has 0 fully saturated rings. The molecule has 0 unspecified atom stereocenters. The Morgan fingerprint density at radius 2 is 1.77 bits per heavy atom. The number of nitrogens with zero attached hydrogens (tertiary/aromatic N) is 2. The van der Waals surface area contributed by atoms with Crippen molar-refractivity contribution in [1.29, 1.82) is 0 Å². The highest BCUT2D eigenvalue weighted by Crippen LogP contribution is 2.32. The van der Waals surface area contributed by atoms with Crippen molar-refractivity contribution in [3.8, 4) is 0 Å². The molecule has 6 nitrogen and oxygen atoms in total. The molecule has 3 rings (SSSR count). The molecule has 1 aromatic heterocycles. The fraction of sp³-hybridized carbons (Fsp3) is 0.0588. The largest absolute Gasteiger partial charge is 0.292 e. The van der Waals surface area contributed by atoms with Crippen LogP contribution in [0.1, 0.15) is 23.0 Å². The van der Waals surface area contributed by atoms with Crippen LogP contribution < -0.4 is 11.0 Å². The summed E-state index contributed by atoms with van der Waals surface area (Å²) in [7, 11) is 0. The van der Waals surface area contributed by atoms with Crippen molar-refractivity contribution < 1.29 is 4.79 Å². The van der Waals surface area contributed by atoms with Crippen LogP contribution in [-0.2, 0) is 0 Å². The van der Waals surface area contributed by atoms with Gasteiger partial charge in [-0.1, -0.05) is 59.1 Å². The number of benzene rings is 2. The molecule has 132 valence electrons. The number of hydrazone groups is 1. The molecule has 0 spiro atoms. The van der Waals surface area contributed by atoms with Gasteiger partial charge in [-0.25, -0.2) is 10.5 Å². The van der Waals surface area contributed by atoms with E-state index in [0.717, 1.165) is 0 Å². The fourth-order valence-corrected chi connectivity index (χ4v) is 3.01. The van der Waals surface area contributed by atoms with E-state index in [1.165, 1.54) is 0 Å². The number of nitrogens with one attached hydrogen (secondary N) is 2. The third-order valence-electron chi connectivity index (χ3n) is 3.66. The van der Waals surface area contributed by atoms with Crippen molar-refractivity contribution in [1.82, 2.24) is 15.6 Å². The second kappa shape index (κ2) is 7.45. The summed E-state index contributed by atoms with van der Waals surface area (Å²) in [6.45, 7) is 1.66. The first-order chi connectivity index (χ1) is 12.4. The topological polar surface area (TPSA) is 87.2 Å². The smallest absolute Gasteiger partial charge is 0.267 e. The minimum absolute atomic E-state index is 0.0528. The zero-order valence-electron chi connectivity index (χ0n) is 13.3. The van der Waals surface area contributed by atoms with Crippen LogP contribution in [0.5, 0.6) is 0 Å². The van der Waals surface area contributed by atoms with Gasteiger partial charge in [-0.3, -0.25) is 9.59 Å². The lowest BCUT2D eigenvalue weighted by molar-refractivity contribution is 0.0950. The summed E-state index contributed by atoms with van der Waals surface area (Å²) in [5, 5.41) is 11.7. The van der Waals surface area contributed by atoms with Gasteiger partial charge in [0.25, 0.3) is 11.5 Å². The van der Waals surface area contributed by atoms with Crippen molar-refractivity contribution in [2.24, 2.45) is 5.10 Å². The highest BCUT2D eigenvalue weighted by Gasteiger charge is 2.15. The molecule has 1 amide bonds. The van der Waals surface area contributed by atoms with Crippen LogP contribution in [0.4, 0.5) is 0 Å². The minimum Gasteiger partial charge on any atom is -0.267 e. The molecule has 0 radical (unpaired) electrons. The van der Waals surface area contributed by atoms with E-state index < -0.39 is 5.91 Å². The molecule has 1 heterocycles. The van der Waals surface area contributed by atoms with E-state index in [1.54, 1.807) is 43.3 Å². The molecule has 0 saturated heterocycles. The summed E-state index contributed by atoms with van der Waals surface area (Å²) in [6.07, 6.45) is 0. The van der Waals surface area contributed by atoms with E-state index >= 15 is 0 Å². The third kappa shape index (κ3) is 3.44. The van der Waals surface area contributed by atoms with Crippen molar-refractivity contribution in [3.05, 3.63) is 73.1 Å². The van der Waals surface area contributed by atoms with Gasteiger partial charge >= 0.3 is 0 Å². The Balaban J connectivity index is 1.92. The molecule has 26 heavy (non-hydrogen) atoms. The molecule has 0 aliphatic carbocycles. The molecule has 2 N–H and O–H groups in total. The van der Waals surface area contributed by atoms with Crippen LogP contribution in [-0.4, -0.2) is 21.8 Å². The number of aromatic amines is 1. The highest BCUT2D eigenvalue weighted by molar-refractivity contribution is 6.49. The molecule has 9 heteroatoms. The average Bonchev–Trinajstić information content (AvgIpc) is 2.64. The first-order valence-corrected chi connectivity index (χ1v) is 8.49. The van der Waals surface area contributed by atoms with E-state index in [0.29, 0.717) is 27.1 Å². The Labute approximate surface area is 162 Å². The van der Waals surface area contributed by atoms with Gasteiger partial charge in [0.05, 0.1) is 26.2 Å². The van der Waals surface area contributed by atoms with Crippen molar-refractivity contribution in [2.45, 2.75) is 6.92 Å².